The van der Waals surface area contributed by atoms with Gasteiger partial charge in [0.2, 0.25) is 11.8 Å². The smallest absolute Gasteiger partial charge is 0.251 e. The van der Waals surface area contributed by atoms with Crippen molar-refractivity contribution in [1.82, 2.24) is 10.6 Å². The van der Waals surface area contributed by atoms with Crippen molar-refractivity contribution >= 4 is 23.4 Å². The Morgan fingerprint density at radius 2 is 1.40 bits per heavy atom. The minimum atomic E-state index is -0.186. The van der Waals surface area contributed by atoms with Crippen LogP contribution >= 0.6 is 0 Å². The molecule has 1 aromatic rings. The SMILES string of the molecule is O=C(NCCNC(=O)C1CC1)c1ccc(NC(=O)C2CCCC2)cc1. The van der Waals surface area contributed by atoms with Crippen LogP contribution in [0.25, 0.3) is 0 Å². The van der Waals surface area contributed by atoms with Crippen LogP contribution in [-0.4, -0.2) is 30.8 Å². The summed E-state index contributed by atoms with van der Waals surface area (Å²) in [5, 5.41) is 8.50. The Labute approximate surface area is 147 Å². The van der Waals surface area contributed by atoms with E-state index in [9.17, 15) is 14.4 Å². The molecule has 0 aliphatic heterocycles. The molecule has 0 heterocycles. The van der Waals surface area contributed by atoms with Gasteiger partial charge in [0, 0.05) is 36.2 Å². The molecular weight excluding hydrogens is 318 g/mol. The summed E-state index contributed by atoms with van der Waals surface area (Å²) in [6, 6.07) is 6.89. The third-order valence-electron chi connectivity index (χ3n) is 4.80. The zero-order chi connectivity index (χ0) is 17.6. The molecule has 3 N–H and O–H groups in total. The normalized spacial score (nSPS) is 17.1. The van der Waals surface area contributed by atoms with Crippen molar-refractivity contribution in [2.75, 3.05) is 18.4 Å². The Hall–Kier alpha value is -2.37. The van der Waals surface area contributed by atoms with Crippen molar-refractivity contribution in [3.63, 3.8) is 0 Å². The van der Waals surface area contributed by atoms with Gasteiger partial charge < -0.3 is 16.0 Å². The summed E-state index contributed by atoms with van der Waals surface area (Å²) < 4.78 is 0. The number of carbonyl (C=O) groups is 3. The maximum Gasteiger partial charge on any atom is 0.251 e. The Kier molecular flexibility index (Phi) is 5.68. The molecule has 134 valence electrons. The van der Waals surface area contributed by atoms with Crippen molar-refractivity contribution in [3.05, 3.63) is 29.8 Å². The summed E-state index contributed by atoms with van der Waals surface area (Å²) >= 11 is 0. The van der Waals surface area contributed by atoms with Crippen LogP contribution in [0.5, 0.6) is 0 Å². The van der Waals surface area contributed by atoms with E-state index in [0.717, 1.165) is 38.5 Å². The number of carbonyl (C=O) groups excluding carboxylic acids is 3. The van der Waals surface area contributed by atoms with Gasteiger partial charge in [-0.1, -0.05) is 12.8 Å². The minimum absolute atomic E-state index is 0.0705. The molecule has 2 saturated carbocycles. The number of nitrogens with one attached hydrogen (secondary N) is 3. The van der Waals surface area contributed by atoms with Crippen molar-refractivity contribution < 1.29 is 14.4 Å². The van der Waals surface area contributed by atoms with E-state index in [2.05, 4.69) is 16.0 Å². The fourth-order valence-electron chi connectivity index (χ4n) is 3.09. The number of anilines is 1. The lowest BCUT2D eigenvalue weighted by atomic mass is 10.1. The van der Waals surface area contributed by atoms with Gasteiger partial charge in [0.15, 0.2) is 0 Å². The van der Waals surface area contributed by atoms with Crippen LogP contribution in [0.2, 0.25) is 0 Å². The van der Waals surface area contributed by atoms with Crippen LogP contribution in [0.3, 0.4) is 0 Å². The maximum atomic E-state index is 12.1. The number of rotatable bonds is 7. The molecule has 0 bridgehead atoms. The summed E-state index contributed by atoms with van der Waals surface area (Å²) in [6.45, 7) is 0.841. The molecule has 0 atom stereocenters. The second-order valence-electron chi connectivity index (χ2n) is 6.87. The van der Waals surface area contributed by atoms with Gasteiger partial charge in [-0.25, -0.2) is 0 Å². The zero-order valence-electron chi connectivity index (χ0n) is 14.3. The quantitative estimate of drug-likeness (QED) is 0.662. The third-order valence-corrected chi connectivity index (χ3v) is 4.80. The molecule has 1 aromatic carbocycles. The molecule has 6 nitrogen and oxygen atoms in total. The molecule has 0 unspecified atom stereocenters. The largest absolute Gasteiger partial charge is 0.354 e. The van der Waals surface area contributed by atoms with Crippen molar-refractivity contribution in [2.45, 2.75) is 38.5 Å². The summed E-state index contributed by atoms with van der Waals surface area (Å²) in [6.07, 6.45) is 6.12. The first kappa shape index (κ1) is 17.5. The molecule has 0 saturated heterocycles. The van der Waals surface area contributed by atoms with Gasteiger partial charge in [-0.15, -0.1) is 0 Å². The van der Waals surface area contributed by atoms with Crippen molar-refractivity contribution in [3.8, 4) is 0 Å². The molecule has 0 aromatic heterocycles. The second-order valence-corrected chi connectivity index (χ2v) is 6.87. The van der Waals surface area contributed by atoms with E-state index in [1.165, 1.54) is 0 Å². The monoisotopic (exact) mass is 343 g/mol. The van der Waals surface area contributed by atoms with Gasteiger partial charge in [0.05, 0.1) is 0 Å². The molecule has 3 amide bonds. The fraction of sp³-hybridized carbons (Fsp3) is 0.526. The van der Waals surface area contributed by atoms with E-state index in [0.29, 0.717) is 24.3 Å². The second kappa shape index (κ2) is 8.14. The number of hydrogen-bond acceptors (Lipinski definition) is 3. The van der Waals surface area contributed by atoms with E-state index in [1.807, 2.05) is 0 Å². The molecule has 0 radical (unpaired) electrons. The van der Waals surface area contributed by atoms with Crippen LogP contribution in [0.15, 0.2) is 24.3 Å². The predicted molar refractivity (Wildman–Crippen MR) is 95.1 cm³/mol. The first-order valence-electron chi connectivity index (χ1n) is 9.10. The lowest BCUT2D eigenvalue weighted by Crippen LogP contribution is -2.35. The highest BCUT2D eigenvalue weighted by Crippen LogP contribution is 2.28. The molecule has 2 aliphatic carbocycles. The summed E-state index contributed by atoms with van der Waals surface area (Å²) in [5.74, 6) is 0.267. The highest BCUT2D eigenvalue weighted by molar-refractivity contribution is 5.96. The van der Waals surface area contributed by atoms with E-state index in [4.69, 9.17) is 0 Å². The van der Waals surface area contributed by atoms with Crippen LogP contribution in [0, 0.1) is 11.8 Å². The van der Waals surface area contributed by atoms with Crippen molar-refractivity contribution in [1.29, 1.82) is 0 Å². The van der Waals surface area contributed by atoms with Crippen LogP contribution in [-0.2, 0) is 9.59 Å². The molecular formula is C19H25N3O3. The first-order valence-corrected chi connectivity index (χ1v) is 9.10. The van der Waals surface area contributed by atoms with E-state index in [-0.39, 0.29) is 29.6 Å². The topological polar surface area (TPSA) is 87.3 Å². The van der Waals surface area contributed by atoms with Gasteiger partial charge in [0.25, 0.3) is 5.91 Å². The van der Waals surface area contributed by atoms with Gasteiger partial charge >= 0.3 is 0 Å². The van der Waals surface area contributed by atoms with E-state index >= 15 is 0 Å². The predicted octanol–water partition coefficient (Wildman–Crippen LogP) is 2.07. The average Bonchev–Trinajstić information content (AvgIpc) is 3.33. The minimum Gasteiger partial charge on any atom is -0.354 e. The van der Waals surface area contributed by atoms with Gasteiger partial charge in [-0.3, -0.25) is 14.4 Å². The Morgan fingerprint density at radius 3 is 2.04 bits per heavy atom. The van der Waals surface area contributed by atoms with Gasteiger partial charge in [0.1, 0.15) is 0 Å². The standard InChI is InChI=1S/C19H25N3O3/c23-17(14-5-6-14)20-11-12-21-18(24)15-7-9-16(10-8-15)22-19(25)13-3-1-2-4-13/h7-10,13-14H,1-6,11-12H2,(H,20,23)(H,21,24)(H,22,25). The Balaban J connectivity index is 1.40. The highest BCUT2D eigenvalue weighted by atomic mass is 16.2. The Bertz CT molecular complexity index is 632. The molecule has 6 heteroatoms. The molecule has 0 spiro atoms. The average molecular weight is 343 g/mol. The fourth-order valence-corrected chi connectivity index (χ4v) is 3.09. The highest BCUT2D eigenvalue weighted by Gasteiger charge is 2.29. The van der Waals surface area contributed by atoms with Crippen LogP contribution < -0.4 is 16.0 Å². The third kappa shape index (κ3) is 5.05. The molecule has 25 heavy (non-hydrogen) atoms. The summed E-state index contributed by atoms with van der Waals surface area (Å²) in [5.41, 5.74) is 1.25. The van der Waals surface area contributed by atoms with Gasteiger partial charge in [-0.05, 0) is 49.9 Å². The lowest BCUT2D eigenvalue weighted by Gasteiger charge is -2.11. The van der Waals surface area contributed by atoms with E-state index < -0.39 is 0 Å². The van der Waals surface area contributed by atoms with E-state index in [1.54, 1.807) is 24.3 Å². The van der Waals surface area contributed by atoms with Crippen LogP contribution in [0.1, 0.15) is 48.9 Å². The molecule has 3 rings (SSSR count). The van der Waals surface area contributed by atoms with Crippen LogP contribution in [0.4, 0.5) is 5.69 Å². The zero-order valence-corrected chi connectivity index (χ0v) is 14.3. The number of hydrogen-bond donors (Lipinski definition) is 3. The molecule has 2 aliphatic rings. The lowest BCUT2D eigenvalue weighted by molar-refractivity contribution is -0.122. The number of benzene rings is 1. The maximum absolute atomic E-state index is 12.1. The summed E-state index contributed by atoms with van der Waals surface area (Å²) in [7, 11) is 0. The first-order chi connectivity index (χ1) is 12.1. The summed E-state index contributed by atoms with van der Waals surface area (Å²) in [4.78, 5) is 35.6. The van der Waals surface area contributed by atoms with Crippen molar-refractivity contribution in [2.24, 2.45) is 11.8 Å². The number of amides is 3. The van der Waals surface area contributed by atoms with Gasteiger partial charge in [-0.2, -0.15) is 0 Å². The molecule has 2 fully saturated rings. The Morgan fingerprint density at radius 1 is 0.800 bits per heavy atom.